The van der Waals surface area contributed by atoms with Crippen molar-refractivity contribution in [3.63, 3.8) is 0 Å². The van der Waals surface area contributed by atoms with Crippen molar-refractivity contribution in [3.8, 4) is 11.5 Å². The van der Waals surface area contributed by atoms with Gasteiger partial charge in [-0.05, 0) is 58.9 Å². The highest BCUT2D eigenvalue weighted by molar-refractivity contribution is 7.80. The molecule has 1 amide bonds. The zero-order chi connectivity index (χ0) is 24.0. The normalized spacial score (nSPS) is 11.1. The Bertz CT molecular complexity index is 1070. The number of carbonyl (C=O) groups is 1. The summed E-state index contributed by atoms with van der Waals surface area (Å²) in [5, 5.41) is 4.09. The summed E-state index contributed by atoms with van der Waals surface area (Å²) in [6.45, 7) is 7.41. The second-order valence-electron chi connectivity index (χ2n) is 8.79. The van der Waals surface area contributed by atoms with Crippen LogP contribution in [0.1, 0.15) is 36.7 Å². The van der Waals surface area contributed by atoms with Gasteiger partial charge in [-0.3, -0.25) is 4.79 Å². The number of ether oxygens (including phenoxy) is 2. The smallest absolute Gasteiger partial charge is 0.269 e. The van der Waals surface area contributed by atoms with Crippen LogP contribution in [-0.2, 0) is 5.41 Å². The summed E-state index contributed by atoms with van der Waals surface area (Å²) in [6, 6.07) is 17.5. The highest BCUT2D eigenvalue weighted by Crippen LogP contribution is 2.25. The van der Waals surface area contributed by atoms with Gasteiger partial charge in [0, 0.05) is 31.2 Å². The van der Waals surface area contributed by atoms with Crippen molar-refractivity contribution < 1.29 is 14.3 Å². The number of anilines is 1. The lowest BCUT2D eigenvalue weighted by atomic mass is 9.87. The van der Waals surface area contributed by atoms with E-state index in [1.165, 1.54) is 16.9 Å². The number of hydrogen-bond donors (Lipinski definition) is 0. The van der Waals surface area contributed by atoms with Crippen molar-refractivity contribution in [2.24, 2.45) is 0 Å². The van der Waals surface area contributed by atoms with Gasteiger partial charge in [0.25, 0.3) is 11.1 Å². The number of rotatable bonds is 7. The Morgan fingerprint density at radius 2 is 1.76 bits per heavy atom. The minimum absolute atomic E-state index is 0.00800. The molecule has 0 radical (unpaired) electrons. The minimum Gasteiger partial charge on any atom is -0.492 e. The maximum Gasteiger partial charge on any atom is 0.269 e. The van der Waals surface area contributed by atoms with Crippen LogP contribution in [-0.4, -0.2) is 43.2 Å². The summed E-state index contributed by atoms with van der Waals surface area (Å²) in [4.78, 5) is 15.8. The summed E-state index contributed by atoms with van der Waals surface area (Å²) < 4.78 is 11.8. The summed E-state index contributed by atoms with van der Waals surface area (Å²) in [5.74, 6) is 1.39. The molecular weight excluding hydrogens is 452 g/mol. The van der Waals surface area contributed by atoms with E-state index in [9.17, 15) is 4.79 Å². The molecule has 0 aliphatic rings. The first kappa shape index (κ1) is 24.7. The molecule has 2 aromatic carbocycles. The van der Waals surface area contributed by atoms with Crippen LogP contribution in [0.5, 0.6) is 11.5 Å². The average Bonchev–Trinajstić information content (AvgIpc) is 3.33. The van der Waals surface area contributed by atoms with Crippen LogP contribution in [0, 0.1) is 0 Å². The molecule has 0 atom stereocenters. The highest BCUT2D eigenvalue weighted by atomic mass is 32.1. The number of thiocarbonyl (C=S) groups is 1. The summed E-state index contributed by atoms with van der Waals surface area (Å²) in [5.41, 5.74) is 2.88. The van der Waals surface area contributed by atoms with E-state index in [1.807, 2.05) is 60.3 Å². The zero-order valence-corrected chi connectivity index (χ0v) is 21.3. The van der Waals surface area contributed by atoms with E-state index in [-0.39, 0.29) is 11.3 Å². The van der Waals surface area contributed by atoms with Crippen LogP contribution in [0.4, 0.5) is 5.69 Å². The molecule has 3 aromatic rings. The second kappa shape index (κ2) is 10.8. The molecule has 0 N–H and O–H groups in total. The van der Waals surface area contributed by atoms with Gasteiger partial charge in [0.1, 0.15) is 18.1 Å². The standard InChI is InChI=1S/C26H30N2O3S2/c1-26(2,3)20-9-11-22(12-10-20)31-25(32)28(5)21-7-6-8-23(17-21)30-15-14-27(4)24(29)19-13-16-33-18-19/h6-13,16-18H,14-15H2,1-5H3. The molecule has 174 valence electrons. The molecule has 0 aliphatic carbocycles. The van der Waals surface area contributed by atoms with Crippen molar-refractivity contribution in [3.05, 3.63) is 76.5 Å². The molecule has 0 saturated carbocycles. The molecule has 0 fully saturated rings. The summed E-state index contributed by atoms with van der Waals surface area (Å²) in [7, 11) is 3.63. The van der Waals surface area contributed by atoms with Crippen LogP contribution in [0.2, 0.25) is 0 Å². The molecule has 5 nitrogen and oxygen atoms in total. The minimum atomic E-state index is -0.00800. The van der Waals surface area contributed by atoms with E-state index < -0.39 is 0 Å². The third-order valence-corrected chi connectivity index (χ3v) is 6.25. The number of carbonyl (C=O) groups excluding carboxylic acids is 1. The predicted octanol–water partition coefficient (Wildman–Crippen LogP) is 6.00. The van der Waals surface area contributed by atoms with Gasteiger partial charge >= 0.3 is 0 Å². The molecular formula is C26H30N2O3S2. The molecule has 0 aliphatic heterocycles. The number of nitrogens with zero attached hydrogens (tertiary/aromatic N) is 2. The van der Waals surface area contributed by atoms with Crippen LogP contribution in [0.25, 0.3) is 0 Å². The second-order valence-corrected chi connectivity index (χ2v) is 9.92. The molecule has 0 spiro atoms. The van der Waals surface area contributed by atoms with Crippen molar-refractivity contribution in [1.82, 2.24) is 4.90 Å². The van der Waals surface area contributed by atoms with E-state index in [4.69, 9.17) is 21.7 Å². The van der Waals surface area contributed by atoms with Crippen molar-refractivity contribution in [2.45, 2.75) is 26.2 Å². The SMILES string of the molecule is CN(CCOc1cccc(N(C)C(=S)Oc2ccc(C(C)(C)C)cc2)c1)C(=O)c1ccsc1. The monoisotopic (exact) mass is 482 g/mol. The Labute approximate surface area is 205 Å². The van der Waals surface area contributed by atoms with Gasteiger partial charge in [-0.1, -0.05) is 39.0 Å². The predicted molar refractivity (Wildman–Crippen MR) is 140 cm³/mol. The van der Waals surface area contributed by atoms with Gasteiger partial charge in [0.2, 0.25) is 0 Å². The molecule has 1 heterocycles. The van der Waals surface area contributed by atoms with Crippen molar-refractivity contribution >= 4 is 40.3 Å². The number of likely N-dealkylation sites (N-methyl/N-ethyl adjacent to an activating group) is 1. The number of benzene rings is 2. The van der Waals surface area contributed by atoms with Gasteiger partial charge < -0.3 is 19.3 Å². The van der Waals surface area contributed by atoms with Gasteiger partial charge in [0.05, 0.1) is 12.1 Å². The van der Waals surface area contributed by atoms with Crippen LogP contribution >= 0.6 is 23.6 Å². The van der Waals surface area contributed by atoms with E-state index in [0.29, 0.717) is 35.4 Å². The average molecular weight is 483 g/mol. The lowest BCUT2D eigenvalue weighted by molar-refractivity contribution is 0.0774. The summed E-state index contributed by atoms with van der Waals surface area (Å²) >= 11 is 7.01. The Morgan fingerprint density at radius 1 is 1.03 bits per heavy atom. The Kier molecular flexibility index (Phi) is 8.10. The van der Waals surface area contributed by atoms with Crippen LogP contribution in [0.15, 0.2) is 65.4 Å². The fourth-order valence-corrected chi connectivity index (χ4v) is 3.92. The quantitative estimate of drug-likeness (QED) is 0.387. The Hall–Kier alpha value is -2.90. The van der Waals surface area contributed by atoms with Gasteiger partial charge in [-0.15, -0.1) is 0 Å². The van der Waals surface area contributed by atoms with Gasteiger partial charge in [-0.2, -0.15) is 11.3 Å². The highest BCUT2D eigenvalue weighted by Gasteiger charge is 2.15. The van der Waals surface area contributed by atoms with E-state index in [2.05, 4.69) is 32.9 Å². The van der Waals surface area contributed by atoms with Gasteiger partial charge in [0.15, 0.2) is 0 Å². The Morgan fingerprint density at radius 3 is 2.39 bits per heavy atom. The number of thiophene rings is 1. The number of amides is 1. The first-order chi connectivity index (χ1) is 15.6. The first-order valence-electron chi connectivity index (χ1n) is 10.7. The lowest BCUT2D eigenvalue weighted by Gasteiger charge is -2.22. The van der Waals surface area contributed by atoms with Crippen molar-refractivity contribution in [1.29, 1.82) is 0 Å². The molecule has 1 aromatic heterocycles. The fraction of sp³-hybridized carbons (Fsp3) is 0.308. The molecule has 0 bridgehead atoms. The Balaban J connectivity index is 1.54. The fourth-order valence-electron chi connectivity index (χ4n) is 3.09. The summed E-state index contributed by atoms with van der Waals surface area (Å²) in [6.07, 6.45) is 0. The van der Waals surface area contributed by atoms with E-state index >= 15 is 0 Å². The topological polar surface area (TPSA) is 42.0 Å². The third kappa shape index (κ3) is 6.79. The molecule has 3 rings (SSSR count). The third-order valence-electron chi connectivity index (χ3n) is 5.21. The molecule has 0 unspecified atom stereocenters. The molecule has 7 heteroatoms. The van der Waals surface area contributed by atoms with Crippen LogP contribution in [0.3, 0.4) is 0 Å². The molecule has 33 heavy (non-hydrogen) atoms. The first-order valence-corrected chi connectivity index (χ1v) is 12.1. The van der Waals surface area contributed by atoms with Crippen molar-refractivity contribution in [2.75, 3.05) is 32.1 Å². The largest absolute Gasteiger partial charge is 0.492 e. The van der Waals surface area contributed by atoms with E-state index in [0.717, 1.165) is 5.69 Å². The zero-order valence-electron chi connectivity index (χ0n) is 19.7. The maximum atomic E-state index is 12.3. The van der Waals surface area contributed by atoms with Gasteiger partial charge in [-0.25, -0.2) is 0 Å². The number of hydrogen-bond acceptors (Lipinski definition) is 5. The van der Waals surface area contributed by atoms with E-state index in [1.54, 1.807) is 16.8 Å². The lowest BCUT2D eigenvalue weighted by Crippen LogP contribution is -2.30. The molecule has 0 saturated heterocycles. The van der Waals surface area contributed by atoms with Crippen LogP contribution < -0.4 is 14.4 Å². The maximum absolute atomic E-state index is 12.3.